The fourth-order valence-corrected chi connectivity index (χ4v) is 2.65. The number of hydrogen-bond donors (Lipinski definition) is 0. The van der Waals surface area contributed by atoms with Gasteiger partial charge in [-0.1, -0.05) is 65.2 Å². The average Bonchev–Trinajstić information content (AvgIpc) is 2.50. The Morgan fingerprint density at radius 3 is 2.42 bits per heavy atom. The number of nitrogens with zero attached hydrogens (tertiary/aromatic N) is 1. The largest absolute Gasteiger partial charge is 0.460 e. The summed E-state index contributed by atoms with van der Waals surface area (Å²) in [6, 6.07) is 6.69. The van der Waals surface area contributed by atoms with Gasteiger partial charge in [-0.2, -0.15) is 0 Å². The summed E-state index contributed by atoms with van der Waals surface area (Å²) in [6.07, 6.45) is 2.87. The monoisotopic (exact) mass is 419 g/mol. The van der Waals surface area contributed by atoms with E-state index in [4.69, 9.17) is 44.3 Å². The molecule has 0 aliphatic carbocycles. The van der Waals surface area contributed by atoms with Gasteiger partial charge in [0.2, 0.25) is 3.79 Å². The molecule has 1 amide bonds. The quantitative estimate of drug-likeness (QED) is 0.502. The third-order valence-electron chi connectivity index (χ3n) is 3.38. The minimum Gasteiger partial charge on any atom is -0.460 e. The van der Waals surface area contributed by atoms with Crippen LogP contribution in [0.3, 0.4) is 0 Å². The van der Waals surface area contributed by atoms with Crippen molar-refractivity contribution in [2.75, 3.05) is 11.5 Å². The molecule has 1 atom stereocenters. The van der Waals surface area contributed by atoms with Crippen molar-refractivity contribution in [1.82, 2.24) is 0 Å². The number of para-hydroxylation sites is 1. The maximum absolute atomic E-state index is 12.6. The normalized spacial score (nSPS) is 16.8. The van der Waals surface area contributed by atoms with Crippen molar-refractivity contribution in [2.45, 2.75) is 42.6 Å². The van der Waals surface area contributed by atoms with Gasteiger partial charge < -0.3 is 9.47 Å². The van der Waals surface area contributed by atoms with Crippen LogP contribution in [0.5, 0.6) is 0 Å². The van der Waals surface area contributed by atoms with E-state index < -0.39 is 34.1 Å². The number of fused-ring (bicyclic) bond motifs is 1. The second-order valence-corrected chi connectivity index (χ2v) is 9.33. The van der Waals surface area contributed by atoms with Crippen LogP contribution in [0.25, 0.3) is 6.08 Å². The minimum atomic E-state index is -1.72. The molecule has 0 fully saturated rings. The summed E-state index contributed by atoms with van der Waals surface area (Å²) in [7, 11) is 0. The van der Waals surface area contributed by atoms with Crippen LogP contribution < -0.4 is 4.90 Å². The Bertz CT molecular complexity index is 707. The number of amides is 1. The van der Waals surface area contributed by atoms with Gasteiger partial charge in [-0.15, -0.1) is 0 Å². The third-order valence-corrected chi connectivity index (χ3v) is 3.71. The second kappa shape index (κ2) is 8.07. The number of anilines is 1. The number of hydrogen-bond acceptors (Lipinski definition) is 4. The first kappa shape index (κ1) is 20.9. The first-order valence-electron chi connectivity index (χ1n) is 7.98. The summed E-state index contributed by atoms with van der Waals surface area (Å²) >= 11 is 17.0. The van der Waals surface area contributed by atoms with E-state index in [0.717, 1.165) is 5.56 Å². The molecule has 0 unspecified atom stereocenters. The van der Waals surface area contributed by atoms with Crippen LogP contribution in [0.15, 0.2) is 30.3 Å². The van der Waals surface area contributed by atoms with E-state index in [1.165, 1.54) is 4.90 Å². The first-order valence-corrected chi connectivity index (χ1v) is 9.11. The molecule has 1 aliphatic rings. The van der Waals surface area contributed by atoms with E-state index in [1.807, 2.05) is 18.2 Å². The van der Waals surface area contributed by atoms with Crippen LogP contribution in [0.2, 0.25) is 0 Å². The molecule has 0 bridgehead atoms. The molecule has 1 heterocycles. The Morgan fingerprint density at radius 2 is 1.81 bits per heavy atom. The van der Waals surface area contributed by atoms with Gasteiger partial charge in [0.05, 0.1) is 18.2 Å². The molecule has 0 aromatic heterocycles. The summed E-state index contributed by atoms with van der Waals surface area (Å²) in [6.45, 7) is 4.94. The molecule has 0 radical (unpaired) electrons. The molecule has 142 valence electrons. The standard InChI is InChI=1S/C18H20Cl3NO4/c1-17(2,3)26-15(23)10-13-9-8-12-6-4-5-7-14(12)22(13)16(24)25-11-18(19,20)21/h4-9,13H,10-11H2,1-3H3/t13-/m0/s1. The fraction of sp³-hybridized carbons (Fsp3) is 0.444. The van der Waals surface area contributed by atoms with E-state index in [0.29, 0.717) is 5.69 Å². The molecule has 0 saturated heterocycles. The van der Waals surface area contributed by atoms with E-state index in [1.54, 1.807) is 39.0 Å². The molecule has 8 heteroatoms. The number of carbonyl (C=O) groups is 2. The third kappa shape index (κ3) is 6.08. The van der Waals surface area contributed by atoms with Crippen molar-refractivity contribution in [1.29, 1.82) is 0 Å². The van der Waals surface area contributed by atoms with Gasteiger partial charge >= 0.3 is 12.1 Å². The molecular formula is C18H20Cl3NO4. The Kier molecular flexibility index (Phi) is 6.48. The fourth-order valence-electron chi connectivity index (χ4n) is 2.49. The van der Waals surface area contributed by atoms with Crippen LogP contribution in [-0.2, 0) is 14.3 Å². The predicted molar refractivity (Wildman–Crippen MR) is 104 cm³/mol. The zero-order valence-electron chi connectivity index (χ0n) is 14.7. The second-order valence-electron chi connectivity index (χ2n) is 6.82. The number of carbonyl (C=O) groups excluding carboxylic acids is 2. The van der Waals surface area contributed by atoms with Crippen LogP contribution >= 0.6 is 34.8 Å². The highest BCUT2D eigenvalue weighted by Crippen LogP contribution is 2.32. The van der Waals surface area contributed by atoms with Crippen molar-refractivity contribution in [3.8, 4) is 0 Å². The highest BCUT2D eigenvalue weighted by atomic mass is 35.6. The van der Waals surface area contributed by atoms with E-state index in [-0.39, 0.29) is 6.42 Å². The lowest BCUT2D eigenvalue weighted by Crippen LogP contribution is -2.44. The van der Waals surface area contributed by atoms with E-state index in [9.17, 15) is 9.59 Å². The van der Waals surface area contributed by atoms with Crippen molar-refractivity contribution < 1.29 is 19.1 Å². The summed E-state index contributed by atoms with van der Waals surface area (Å²) in [5.41, 5.74) is 0.811. The summed E-state index contributed by atoms with van der Waals surface area (Å²) in [5, 5.41) is 0. The molecule has 1 aromatic carbocycles. The Balaban J connectivity index is 2.23. The van der Waals surface area contributed by atoms with Gasteiger partial charge in [0.1, 0.15) is 12.2 Å². The van der Waals surface area contributed by atoms with Gasteiger partial charge in [0.15, 0.2) is 0 Å². The van der Waals surface area contributed by atoms with Crippen molar-refractivity contribution in [3.63, 3.8) is 0 Å². The van der Waals surface area contributed by atoms with Gasteiger partial charge in [-0.25, -0.2) is 4.79 Å². The maximum Gasteiger partial charge on any atom is 0.415 e. The number of esters is 1. The molecule has 0 N–H and O–H groups in total. The smallest absolute Gasteiger partial charge is 0.415 e. The highest BCUT2D eigenvalue weighted by molar-refractivity contribution is 6.67. The van der Waals surface area contributed by atoms with Gasteiger partial charge in [0, 0.05) is 0 Å². The summed E-state index contributed by atoms with van der Waals surface area (Å²) < 4.78 is 8.76. The highest BCUT2D eigenvalue weighted by Gasteiger charge is 2.33. The van der Waals surface area contributed by atoms with E-state index in [2.05, 4.69) is 0 Å². The molecule has 0 saturated carbocycles. The van der Waals surface area contributed by atoms with Crippen LogP contribution in [0, 0.1) is 0 Å². The lowest BCUT2D eigenvalue weighted by Gasteiger charge is -2.33. The molecule has 1 aromatic rings. The van der Waals surface area contributed by atoms with Crippen molar-refractivity contribution in [2.24, 2.45) is 0 Å². The number of benzene rings is 1. The Morgan fingerprint density at radius 1 is 1.15 bits per heavy atom. The maximum atomic E-state index is 12.6. The zero-order valence-corrected chi connectivity index (χ0v) is 16.9. The van der Waals surface area contributed by atoms with Crippen LogP contribution in [0.4, 0.5) is 10.5 Å². The topological polar surface area (TPSA) is 55.8 Å². The Hall–Kier alpha value is -1.43. The average molecular weight is 421 g/mol. The minimum absolute atomic E-state index is 0.0228. The van der Waals surface area contributed by atoms with Gasteiger partial charge in [-0.3, -0.25) is 9.69 Å². The summed E-state index contributed by atoms with van der Waals surface area (Å²) in [5.74, 6) is -0.425. The molecule has 5 nitrogen and oxygen atoms in total. The number of halogens is 3. The van der Waals surface area contributed by atoms with Crippen LogP contribution in [0.1, 0.15) is 32.8 Å². The van der Waals surface area contributed by atoms with E-state index >= 15 is 0 Å². The van der Waals surface area contributed by atoms with Crippen LogP contribution in [-0.4, -0.2) is 34.1 Å². The molecule has 2 rings (SSSR count). The molecule has 26 heavy (non-hydrogen) atoms. The van der Waals surface area contributed by atoms with Gasteiger partial charge in [0.25, 0.3) is 0 Å². The zero-order chi connectivity index (χ0) is 19.5. The molecular weight excluding hydrogens is 401 g/mol. The number of rotatable bonds is 3. The Labute approximate surface area is 167 Å². The SMILES string of the molecule is CC(C)(C)OC(=O)C[C@@H]1C=Cc2ccccc2N1C(=O)OCC(Cl)(Cl)Cl. The lowest BCUT2D eigenvalue weighted by molar-refractivity contribution is -0.154. The molecule has 0 spiro atoms. The van der Waals surface area contributed by atoms with Crippen molar-refractivity contribution >= 4 is 58.6 Å². The summed E-state index contributed by atoms with van der Waals surface area (Å²) in [4.78, 5) is 26.2. The first-order chi connectivity index (χ1) is 12.0. The number of ether oxygens (including phenoxy) is 2. The molecule has 1 aliphatic heterocycles. The van der Waals surface area contributed by atoms with Gasteiger partial charge in [-0.05, 0) is 32.4 Å². The van der Waals surface area contributed by atoms with Crippen molar-refractivity contribution in [3.05, 3.63) is 35.9 Å². The predicted octanol–water partition coefficient (Wildman–Crippen LogP) is 5.13. The number of alkyl halides is 3. The lowest BCUT2D eigenvalue weighted by atomic mass is 10.0.